The number of hydrogen-bond acceptors (Lipinski definition) is 0. The molecule has 0 nitrogen and oxygen atoms in total. The molecule has 0 aromatic heterocycles. The molecule has 1 rings (SSSR count). The molecule has 1 aliphatic carbocycles. The molecule has 0 aromatic rings. The highest BCUT2D eigenvalue weighted by Gasteiger charge is 2.03. The van der Waals surface area contributed by atoms with E-state index in [1.54, 1.807) is 0 Å². The first-order valence-electron chi connectivity index (χ1n) is 6.39. The molecule has 1 aliphatic rings. The van der Waals surface area contributed by atoms with Gasteiger partial charge in [-0.25, -0.2) is 0 Å². The van der Waals surface area contributed by atoms with E-state index in [4.69, 9.17) is 0 Å². The first-order valence-corrected chi connectivity index (χ1v) is 6.39. The second kappa shape index (κ2) is 7.47. The summed E-state index contributed by atoms with van der Waals surface area (Å²) in [6.45, 7) is 0. The molecule has 0 N–H and O–H groups in total. The molecule has 0 aromatic carbocycles. The Morgan fingerprint density at radius 3 is 1.23 bits per heavy atom. The summed E-state index contributed by atoms with van der Waals surface area (Å²) in [6, 6.07) is 0. The molecular formula is C12H25B. The minimum absolute atomic E-state index is 0.999. The summed E-state index contributed by atoms with van der Waals surface area (Å²) < 4.78 is 0. The summed E-state index contributed by atoms with van der Waals surface area (Å²) >= 11 is 0. The molecular weight excluding hydrogens is 155 g/mol. The fraction of sp³-hybridized carbons (Fsp3) is 1.00. The number of rotatable bonds is 0. The molecule has 0 aliphatic heterocycles. The molecule has 0 saturated heterocycles. The molecule has 0 radical (unpaired) electrons. The van der Waals surface area contributed by atoms with Gasteiger partial charge in [0.15, 0.2) is 0 Å². The van der Waals surface area contributed by atoms with E-state index < -0.39 is 0 Å². The van der Waals surface area contributed by atoms with Crippen molar-refractivity contribution in [3.05, 3.63) is 0 Å². The fourth-order valence-electron chi connectivity index (χ4n) is 2.37. The highest BCUT2D eigenvalue weighted by molar-refractivity contribution is 6.11. The van der Waals surface area contributed by atoms with Gasteiger partial charge in [-0.15, -0.1) is 0 Å². The quantitative estimate of drug-likeness (QED) is 0.498. The van der Waals surface area contributed by atoms with Crippen LogP contribution < -0.4 is 0 Å². The zero-order valence-electron chi connectivity index (χ0n) is 9.36. The van der Waals surface area contributed by atoms with Gasteiger partial charge in [0.05, 0.1) is 0 Å². The van der Waals surface area contributed by atoms with Crippen molar-refractivity contribution in [1.29, 1.82) is 0 Å². The van der Waals surface area contributed by atoms with E-state index in [0.717, 1.165) is 5.82 Å². The van der Waals surface area contributed by atoms with E-state index in [2.05, 4.69) is 7.85 Å². The van der Waals surface area contributed by atoms with Gasteiger partial charge in [-0.1, -0.05) is 76.4 Å². The monoisotopic (exact) mass is 180 g/mol. The van der Waals surface area contributed by atoms with Crippen LogP contribution in [0.2, 0.25) is 5.82 Å². The van der Waals surface area contributed by atoms with Gasteiger partial charge in [0.1, 0.15) is 7.85 Å². The standard InChI is InChI=1S/C12H25B/c13-12-10-8-6-4-2-1-3-5-7-9-11-12/h12H,1-11,13H2. The van der Waals surface area contributed by atoms with E-state index in [0.29, 0.717) is 0 Å². The third-order valence-electron chi connectivity index (χ3n) is 3.39. The van der Waals surface area contributed by atoms with Gasteiger partial charge in [-0.2, -0.15) is 0 Å². The zero-order chi connectivity index (χ0) is 9.36. The first-order chi connectivity index (χ1) is 6.39. The first kappa shape index (κ1) is 11.1. The fourth-order valence-corrected chi connectivity index (χ4v) is 2.37. The Kier molecular flexibility index (Phi) is 6.40. The van der Waals surface area contributed by atoms with Crippen molar-refractivity contribution < 1.29 is 0 Å². The lowest BCUT2D eigenvalue weighted by Gasteiger charge is -2.12. The molecule has 13 heavy (non-hydrogen) atoms. The Balaban J connectivity index is 2.11. The van der Waals surface area contributed by atoms with Crippen molar-refractivity contribution in [2.75, 3.05) is 0 Å². The van der Waals surface area contributed by atoms with Crippen LogP contribution in [0.3, 0.4) is 0 Å². The van der Waals surface area contributed by atoms with Crippen molar-refractivity contribution >= 4 is 7.85 Å². The lowest BCUT2D eigenvalue weighted by Crippen LogP contribution is -1.94. The summed E-state index contributed by atoms with van der Waals surface area (Å²) in [6.07, 6.45) is 16.4. The Morgan fingerprint density at radius 2 is 0.846 bits per heavy atom. The van der Waals surface area contributed by atoms with Crippen LogP contribution in [0.25, 0.3) is 0 Å². The lowest BCUT2D eigenvalue weighted by atomic mass is 9.79. The Morgan fingerprint density at radius 1 is 0.538 bits per heavy atom. The van der Waals surface area contributed by atoms with Gasteiger partial charge in [-0.05, 0) is 0 Å². The second-order valence-corrected chi connectivity index (χ2v) is 4.86. The van der Waals surface area contributed by atoms with E-state index >= 15 is 0 Å². The third-order valence-corrected chi connectivity index (χ3v) is 3.39. The van der Waals surface area contributed by atoms with Crippen LogP contribution in [0.15, 0.2) is 0 Å². The SMILES string of the molecule is BC1CCCCCCCCCCC1. The van der Waals surface area contributed by atoms with Crippen molar-refractivity contribution in [3.8, 4) is 0 Å². The Bertz CT molecular complexity index is 99.7. The molecule has 0 amide bonds. The van der Waals surface area contributed by atoms with E-state index in [1.807, 2.05) is 0 Å². The summed E-state index contributed by atoms with van der Waals surface area (Å²) in [5, 5.41) is 0. The van der Waals surface area contributed by atoms with Crippen LogP contribution in [-0.2, 0) is 0 Å². The van der Waals surface area contributed by atoms with Gasteiger partial charge in [0.2, 0.25) is 0 Å². The third kappa shape index (κ3) is 6.18. The number of hydrogen-bond donors (Lipinski definition) is 0. The molecule has 0 spiro atoms. The Hall–Kier alpha value is 0.0649. The topological polar surface area (TPSA) is 0 Å². The van der Waals surface area contributed by atoms with Crippen molar-refractivity contribution in [2.45, 2.75) is 76.4 Å². The summed E-state index contributed by atoms with van der Waals surface area (Å²) in [5.74, 6) is 0.999. The van der Waals surface area contributed by atoms with E-state index in [-0.39, 0.29) is 0 Å². The normalized spacial score (nSPS) is 24.6. The van der Waals surface area contributed by atoms with Gasteiger partial charge in [-0.3, -0.25) is 0 Å². The lowest BCUT2D eigenvalue weighted by molar-refractivity contribution is 0.504. The van der Waals surface area contributed by atoms with Gasteiger partial charge in [0.25, 0.3) is 0 Å². The van der Waals surface area contributed by atoms with Crippen LogP contribution in [-0.4, -0.2) is 7.85 Å². The van der Waals surface area contributed by atoms with E-state index in [1.165, 1.54) is 70.6 Å². The maximum Gasteiger partial charge on any atom is 0.105 e. The molecule has 0 atom stereocenters. The molecule has 0 unspecified atom stereocenters. The average molecular weight is 180 g/mol. The Labute approximate surface area is 84.9 Å². The molecule has 1 saturated carbocycles. The predicted molar refractivity (Wildman–Crippen MR) is 63.1 cm³/mol. The van der Waals surface area contributed by atoms with Crippen LogP contribution in [0.5, 0.6) is 0 Å². The van der Waals surface area contributed by atoms with Gasteiger partial charge in [0, 0.05) is 0 Å². The highest BCUT2D eigenvalue weighted by atomic mass is 14.1. The molecule has 1 heteroatoms. The summed E-state index contributed by atoms with van der Waals surface area (Å²) in [5.41, 5.74) is 0. The largest absolute Gasteiger partial charge is 0.105 e. The predicted octanol–water partition coefficient (Wildman–Crippen LogP) is 3.71. The molecule has 0 heterocycles. The van der Waals surface area contributed by atoms with Crippen LogP contribution in [0.4, 0.5) is 0 Å². The highest BCUT2D eigenvalue weighted by Crippen LogP contribution is 2.22. The van der Waals surface area contributed by atoms with Crippen molar-refractivity contribution in [3.63, 3.8) is 0 Å². The summed E-state index contributed by atoms with van der Waals surface area (Å²) in [4.78, 5) is 0. The van der Waals surface area contributed by atoms with Gasteiger partial charge >= 0.3 is 0 Å². The second-order valence-electron chi connectivity index (χ2n) is 4.86. The smallest absolute Gasteiger partial charge is 0.0697 e. The summed E-state index contributed by atoms with van der Waals surface area (Å²) in [7, 11) is 2.44. The minimum Gasteiger partial charge on any atom is -0.0697 e. The minimum atomic E-state index is 0.999. The average Bonchev–Trinajstić information content (AvgIpc) is 2.11. The molecule has 0 bridgehead atoms. The van der Waals surface area contributed by atoms with Crippen molar-refractivity contribution in [2.24, 2.45) is 0 Å². The van der Waals surface area contributed by atoms with Crippen molar-refractivity contribution in [1.82, 2.24) is 0 Å². The van der Waals surface area contributed by atoms with Gasteiger partial charge < -0.3 is 0 Å². The van der Waals surface area contributed by atoms with E-state index in [9.17, 15) is 0 Å². The van der Waals surface area contributed by atoms with Crippen LogP contribution in [0, 0.1) is 0 Å². The van der Waals surface area contributed by atoms with Crippen LogP contribution >= 0.6 is 0 Å². The molecule has 76 valence electrons. The maximum atomic E-state index is 2.44. The zero-order valence-corrected chi connectivity index (χ0v) is 9.36. The maximum absolute atomic E-state index is 2.44. The molecule has 1 fully saturated rings. The van der Waals surface area contributed by atoms with Crippen LogP contribution in [0.1, 0.15) is 70.6 Å².